The minimum atomic E-state index is -0.0419. The molecule has 1 aromatic rings. The Balaban J connectivity index is 1.41. The van der Waals surface area contributed by atoms with Crippen molar-refractivity contribution in [3.8, 4) is 0 Å². The second kappa shape index (κ2) is 4.85. The van der Waals surface area contributed by atoms with Crippen molar-refractivity contribution in [2.24, 2.45) is 5.41 Å². The number of aryl methyl sites for hydroxylation is 1. The molecule has 114 valence electrons. The fraction of sp³-hybridized carbons (Fsp3) is 0.765. The Bertz CT molecular complexity index is 550. The highest BCUT2D eigenvalue weighted by atomic mass is 16.2. The fourth-order valence-electron chi connectivity index (χ4n) is 4.28. The highest BCUT2D eigenvalue weighted by molar-refractivity contribution is 5.83. The lowest BCUT2D eigenvalue weighted by Gasteiger charge is -2.43. The molecule has 0 N–H and O–H groups in total. The van der Waals surface area contributed by atoms with Crippen LogP contribution >= 0.6 is 0 Å². The summed E-state index contributed by atoms with van der Waals surface area (Å²) in [7, 11) is 0. The van der Waals surface area contributed by atoms with Crippen molar-refractivity contribution in [1.29, 1.82) is 0 Å². The quantitative estimate of drug-likeness (QED) is 0.839. The van der Waals surface area contributed by atoms with Crippen LogP contribution in [0.4, 0.5) is 0 Å². The second-order valence-corrected chi connectivity index (χ2v) is 7.35. The molecule has 0 aromatic carbocycles. The zero-order chi connectivity index (χ0) is 14.4. The molecule has 1 aromatic heterocycles. The third-order valence-electron chi connectivity index (χ3n) is 5.92. The first-order valence-corrected chi connectivity index (χ1v) is 8.52. The van der Waals surface area contributed by atoms with Gasteiger partial charge in [-0.1, -0.05) is 13.3 Å². The Morgan fingerprint density at radius 1 is 1.24 bits per heavy atom. The number of amides is 1. The van der Waals surface area contributed by atoms with E-state index >= 15 is 0 Å². The van der Waals surface area contributed by atoms with Crippen LogP contribution in [0.15, 0.2) is 6.20 Å². The molecule has 2 fully saturated rings. The summed E-state index contributed by atoms with van der Waals surface area (Å²) in [5.41, 5.74) is 2.88. The summed E-state index contributed by atoms with van der Waals surface area (Å²) in [5, 5.41) is 4.62. The van der Waals surface area contributed by atoms with Gasteiger partial charge in [-0.05, 0) is 50.5 Å². The van der Waals surface area contributed by atoms with Gasteiger partial charge in [-0.3, -0.25) is 9.48 Å². The normalized spacial score (nSPS) is 24.7. The van der Waals surface area contributed by atoms with Gasteiger partial charge < -0.3 is 4.90 Å². The van der Waals surface area contributed by atoms with E-state index in [9.17, 15) is 4.79 Å². The first kappa shape index (κ1) is 13.4. The molecule has 0 radical (unpaired) electrons. The Morgan fingerprint density at radius 2 is 2.00 bits per heavy atom. The van der Waals surface area contributed by atoms with Gasteiger partial charge >= 0.3 is 0 Å². The predicted molar refractivity (Wildman–Crippen MR) is 81.1 cm³/mol. The summed E-state index contributed by atoms with van der Waals surface area (Å²) >= 11 is 0. The van der Waals surface area contributed by atoms with E-state index in [4.69, 9.17) is 0 Å². The molecule has 2 heterocycles. The lowest BCUT2D eigenvalue weighted by atomic mass is 9.69. The van der Waals surface area contributed by atoms with Crippen molar-refractivity contribution in [1.82, 2.24) is 14.7 Å². The van der Waals surface area contributed by atoms with E-state index in [-0.39, 0.29) is 5.41 Å². The molecule has 1 saturated heterocycles. The number of carbonyl (C=O) groups is 1. The zero-order valence-electron chi connectivity index (χ0n) is 13.0. The zero-order valence-corrected chi connectivity index (χ0v) is 13.0. The van der Waals surface area contributed by atoms with E-state index in [0.717, 1.165) is 38.8 Å². The third kappa shape index (κ3) is 2.11. The molecule has 3 aliphatic rings. The smallest absolute Gasteiger partial charge is 0.228 e. The van der Waals surface area contributed by atoms with E-state index in [1.807, 2.05) is 0 Å². The number of aromatic nitrogens is 2. The van der Waals surface area contributed by atoms with Crippen LogP contribution in [0.3, 0.4) is 0 Å². The summed E-state index contributed by atoms with van der Waals surface area (Å²) in [6, 6.07) is 0.505. The minimum absolute atomic E-state index is 0.0419. The highest BCUT2D eigenvalue weighted by Gasteiger charge is 2.42. The van der Waals surface area contributed by atoms with Crippen LogP contribution < -0.4 is 0 Å². The number of piperidine rings is 1. The average molecular weight is 287 g/mol. The van der Waals surface area contributed by atoms with Gasteiger partial charge in [-0.25, -0.2) is 0 Å². The van der Waals surface area contributed by atoms with Crippen LogP contribution in [0, 0.1) is 5.41 Å². The molecule has 0 bridgehead atoms. The molecule has 4 heteroatoms. The molecular formula is C17H25N3O. The van der Waals surface area contributed by atoms with Gasteiger partial charge in [0.2, 0.25) is 5.91 Å². The Morgan fingerprint density at radius 3 is 2.67 bits per heavy atom. The van der Waals surface area contributed by atoms with E-state index in [1.165, 1.54) is 36.9 Å². The third-order valence-corrected chi connectivity index (χ3v) is 5.92. The monoisotopic (exact) mass is 287 g/mol. The Hall–Kier alpha value is -1.32. The molecule has 4 rings (SSSR count). The summed E-state index contributed by atoms with van der Waals surface area (Å²) in [5.74, 6) is 0.401. The average Bonchev–Trinajstić information content (AvgIpc) is 3.07. The van der Waals surface area contributed by atoms with Crippen molar-refractivity contribution >= 4 is 5.91 Å². The van der Waals surface area contributed by atoms with E-state index < -0.39 is 0 Å². The van der Waals surface area contributed by atoms with Crippen LogP contribution in [0.1, 0.15) is 62.7 Å². The van der Waals surface area contributed by atoms with Gasteiger partial charge in [-0.15, -0.1) is 0 Å². The van der Waals surface area contributed by atoms with Gasteiger partial charge in [0.05, 0.1) is 12.2 Å². The van der Waals surface area contributed by atoms with Gasteiger partial charge in [0.15, 0.2) is 0 Å². The molecule has 0 spiro atoms. The maximum atomic E-state index is 12.6. The molecule has 0 atom stereocenters. The van der Waals surface area contributed by atoms with E-state index in [2.05, 4.69) is 27.8 Å². The molecule has 1 amide bonds. The first-order valence-electron chi connectivity index (χ1n) is 8.52. The number of rotatable bonds is 2. The van der Waals surface area contributed by atoms with Crippen molar-refractivity contribution in [3.63, 3.8) is 0 Å². The number of carbonyl (C=O) groups excluding carboxylic acids is 1. The SMILES string of the molecule is CC1(C(=O)N2CCC(n3ncc4c3CCC4)CC2)CCC1. The molecule has 2 aliphatic carbocycles. The Kier molecular flexibility index (Phi) is 3.09. The van der Waals surface area contributed by atoms with Crippen LogP contribution in [0.25, 0.3) is 0 Å². The molecular weight excluding hydrogens is 262 g/mol. The molecule has 0 unspecified atom stereocenters. The van der Waals surface area contributed by atoms with Crippen LogP contribution in [0.2, 0.25) is 0 Å². The van der Waals surface area contributed by atoms with Crippen molar-refractivity contribution < 1.29 is 4.79 Å². The minimum Gasteiger partial charge on any atom is -0.342 e. The van der Waals surface area contributed by atoms with Gasteiger partial charge in [0.1, 0.15) is 0 Å². The number of nitrogens with zero attached hydrogens (tertiary/aromatic N) is 3. The lowest BCUT2D eigenvalue weighted by molar-refractivity contribution is -0.147. The maximum absolute atomic E-state index is 12.6. The number of fused-ring (bicyclic) bond motifs is 1. The highest BCUT2D eigenvalue weighted by Crippen LogP contribution is 2.42. The molecule has 4 nitrogen and oxygen atoms in total. The lowest BCUT2D eigenvalue weighted by Crippen LogP contribution is -2.49. The number of hydrogen-bond acceptors (Lipinski definition) is 2. The molecule has 21 heavy (non-hydrogen) atoms. The summed E-state index contributed by atoms with van der Waals surface area (Å²) in [6.45, 7) is 3.97. The van der Waals surface area contributed by atoms with E-state index in [1.54, 1.807) is 0 Å². The topological polar surface area (TPSA) is 38.1 Å². The van der Waals surface area contributed by atoms with Crippen LogP contribution in [-0.4, -0.2) is 33.7 Å². The summed E-state index contributed by atoms with van der Waals surface area (Å²) < 4.78 is 2.27. The van der Waals surface area contributed by atoms with Crippen molar-refractivity contribution in [2.45, 2.75) is 64.3 Å². The van der Waals surface area contributed by atoms with Gasteiger partial charge in [0.25, 0.3) is 0 Å². The van der Waals surface area contributed by atoms with Gasteiger partial charge in [-0.2, -0.15) is 5.10 Å². The first-order chi connectivity index (χ1) is 10.2. The molecule has 1 saturated carbocycles. The standard InChI is InChI=1S/C17H25N3O/c1-17(8-3-9-17)16(21)19-10-6-14(7-11-19)20-15-5-2-4-13(15)12-18-20/h12,14H,2-11H2,1H3. The van der Waals surface area contributed by atoms with Crippen molar-refractivity contribution in [2.75, 3.05) is 13.1 Å². The summed E-state index contributed by atoms with van der Waals surface area (Å²) in [4.78, 5) is 14.7. The number of likely N-dealkylation sites (tertiary alicyclic amines) is 1. The molecule has 1 aliphatic heterocycles. The Labute approximate surface area is 126 Å². The van der Waals surface area contributed by atoms with Crippen LogP contribution in [0.5, 0.6) is 0 Å². The number of hydrogen-bond donors (Lipinski definition) is 0. The maximum Gasteiger partial charge on any atom is 0.228 e. The largest absolute Gasteiger partial charge is 0.342 e. The van der Waals surface area contributed by atoms with Crippen LogP contribution in [-0.2, 0) is 17.6 Å². The van der Waals surface area contributed by atoms with Gasteiger partial charge in [0, 0.05) is 24.2 Å². The van der Waals surface area contributed by atoms with Crippen molar-refractivity contribution in [3.05, 3.63) is 17.5 Å². The second-order valence-electron chi connectivity index (χ2n) is 7.35. The fourth-order valence-corrected chi connectivity index (χ4v) is 4.28. The predicted octanol–water partition coefficient (Wildman–Crippen LogP) is 2.73. The summed E-state index contributed by atoms with van der Waals surface area (Å²) in [6.07, 6.45) is 11.2. The van der Waals surface area contributed by atoms with E-state index in [0.29, 0.717) is 11.9 Å².